The van der Waals surface area contributed by atoms with Crippen molar-refractivity contribution in [2.24, 2.45) is 0 Å². The van der Waals surface area contributed by atoms with Crippen molar-refractivity contribution in [3.63, 3.8) is 0 Å². The number of amides is 1. The normalized spacial score (nSPS) is 16.4. The van der Waals surface area contributed by atoms with Crippen LogP contribution in [0.3, 0.4) is 0 Å². The fourth-order valence-electron chi connectivity index (χ4n) is 1.74. The van der Waals surface area contributed by atoms with Crippen LogP contribution in [0.1, 0.15) is 19.3 Å². The van der Waals surface area contributed by atoms with E-state index in [0.29, 0.717) is 26.3 Å². The molecule has 104 valence electrons. The molecular formula is C13H24N2O3. The van der Waals surface area contributed by atoms with Crippen molar-refractivity contribution in [2.45, 2.75) is 25.3 Å². The van der Waals surface area contributed by atoms with Gasteiger partial charge in [0.05, 0.1) is 19.8 Å². The van der Waals surface area contributed by atoms with Gasteiger partial charge in [-0.05, 0) is 19.3 Å². The van der Waals surface area contributed by atoms with Crippen LogP contribution in [-0.2, 0) is 14.3 Å². The lowest BCUT2D eigenvalue weighted by Crippen LogP contribution is -2.43. The topological polar surface area (TPSA) is 59.6 Å². The number of ether oxygens (including phenoxy) is 2. The van der Waals surface area contributed by atoms with E-state index >= 15 is 0 Å². The molecule has 0 atom stereocenters. The second-order valence-electron chi connectivity index (χ2n) is 4.32. The quantitative estimate of drug-likeness (QED) is 0.465. The van der Waals surface area contributed by atoms with Gasteiger partial charge < -0.3 is 20.1 Å². The first-order valence-electron chi connectivity index (χ1n) is 6.59. The highest BCUT2D eigenvalue weighted by molar-refractivity contribution is 5.78. The van der Waals surface area contributed by atoms with Gasteiger partial charge in [-0.25, -0.2) is 0 Å². The minimum atomic E-state index is 0.0491. The van der Waals surface area contributed by atoms with Gasteiger partial charge in [0.25, 0.3) is 0 Å². The van der Waals surface area contributed by atoms with Crippen LogP contribution in [0.15, 0.2) is 12.7 Å². The summed E-state index contributed by atoms with van der Waals surface area (Å²) < 4.78 is 10.6. The smallest absolute Gasteiger partial charge is 0.234 e. The summed E-state index contributed by atoms with van der Waals surface area (Å²) in [5.41, 5.74) is 0. The Morgan fingerprint density at radius 3 is 2.89 bits per heavy atom. The molecule has 0 aromatic heterocycles. The molecule has 1 fully saturated rings. The molecule has 0 aromatic rings. The van der Waals surface area contributed by atoms with Crippen molar-refractivity contribution in [2.75, 3.05) is 39.5 Å². The minimum Gasteiger partial charge on any atom is -0.381 e. The molecule has 1 aliphatic heterocycles. The van der Waals surface area contributed by atoms with E-state index in [1.54, 1.807) is 0 Å². The van der Waals surface area contributed by atoms with E-state index in [1.165, 1.54) is 0 Å². The van der Waals surface area contributed by atoms with Gasteiger partial charge >= 0.3 is 0 Å². The highest BCUT2D eigenvalue weighted by Gasteiger charge is 2.15. The van der Waals surface area contributed by atoms with Gasteiger partial charge in [-0.3, -0.25) is 4.79 Å². The van der Waals surface area contributed by atoms with Crippen molar-refractivity contribution in [1.82, 2.24) is 10.6 Å². The highest BCUT2D eigenvalue weighted by Crippen LogP contribution is 2.05. The molecule has 2 N–H and O–H groups in total. The second-order valence-corrected chi connectivity index (χ2v) is 4.32. The van der Waals surface area contributed by atoms with E-state index in [2.05, 4.69) is 17.2 Å². The fourth-order valence-corrected chi connectivity index (χ4v) is 1.74. The van der Waals surface area contributed by atoms with E-state index in [9.17, 15) is 4.79 Å². The van der Waals surface area contributed by atoms with Gasteiger partial charge in [0.1, 0.15) is 0 Å². The predicted molar refractivity (Wildman–Crippen MR) is 70.5 cm³/mol. The molecule has 5 nitrogen and oxygen atoms in total. The van der Waals surface area contributed by atoms with Crippen molar-refractivity contribution < 1.29 is 14.3 Å². The first kappa shape index (κ1) is 15.1. The number of rotatable bonds is 9. The maximum absolute atomic E-state index is 11.6. The van der Waals surface area contributed by atoms with Gasteiger partial charge in [0.15, 0.2) is 0 Å². The zero-order valence-corrected chi connectivity index (χ0v) is 11.0. The maximum atomic E-state index is 11.6. The Morgan fingerprint density at radius 2 is 2.17 bits per heavy atom. The SMILES string of the molecule is C=CCCOCCNCC(=O)NC1CCOCC1. The van der Waals surface area contributed by atoms with Crippen LogP contribution in [0.25, 0.3) is 0 Å². The number of nitrogens with one attached hydrogen (secondary N) is 2. The Hall–Kier alpha value is -0.910. The summed E-state index contributed by atoms with van der Waals surface area (Å²) in [6.45, 7) is 7.47. The van der Waals surface area contributed by atoms with Crippen molar-refractivity contribution in [3.8, 4) is 0 Å². The molecule has 0 spiro atoms. The molecule has 0 saturated carbocycles. The number of carbonyl (C=O) groups excluding carboxylic acids is 1. The van der Waals surface area contributed by atoms with Crippen LogP contribution in [0.5, 0.6) is 0 Å². The maximum Gasteiger partial charge on any atom is 0.234 e. The molecule has 0 unspecified atom stereocenters. The lowest BCUT2D eigenvalue weighted by atomic mass is 10.1. The largest absolute Gasteiger partial charge is 0.381 e. The molecule has 1 saturated heterocycles. The van der Waals surface area contributed by atoms with Crippen LogP contribution >= 0.6 is 0 Å². The van der Waals surface area contributed by atoms with Gasteiger partial charge in [-0.2, -0.15) is 0 Å². The number of carbonyl (C=O) groups is 1. The highest BCUT2D eigenvalue weighted by atomic mass is 16.5. The van der Waals surface area contributed by atoms with Crippen LogP contribution in [0.2, 0.25) is 0 Å². The zero-order chi connectivity index (χ0) is 13.1. The van der Waals surface area contributed by atoms with Gasteiger partial charge in [-0.1, -0.05) is 6.08 Å². The molecule has 1 heterocycles. The second kappa shape index (κ2) is 10.1. The summed E-state index contributed by atoms with van der Waals surface area (Å²) in [7, 11) is 0. The average Bonchev–Trinajstić information content (AvgIpc) is 2.39. The molecule has 0 radical (unpaired) electrons. The lowest BCUT2D eigenvalue weighted by Gasteiger charge is -2.23. The molecule has 1 aliphatic rings. The lowest BCUT2D eigenvalue weighted by molar-refractivity contribution is -0.121. The van der Waals surface area contributed by atoms with Crippen LogP contribution in [0, 0.1) is 0 Å². The summed E-state index contributed by atoms with van der Waals surface area (Å²) in [5, 5.41) is 6.05. The standard InChI is InChI=1S/C13H24N2O3/c1-2-3-7-17-10-6-14-11-13(16)15-12-4-8-18-9-5-12/h2,12,14H,1,3-11H2,(H,15,16). The summed E-state index contributed by atoms with van der Waals surface area (Å²) in [6, 6.07) is 0.275. The van der Waals surface area contributed by atoms with E-state index in [0.717, 1.165) is 32.5 Å². The Morgan fingerprint density at radius 1 is 1.39 bits per heavy atom. The third-order valence-electron chi connectivity index (χ3n) is 2.76. The zero-order valence-electron chi connectivity index (χ0n) is 11.0. The van der Waals surface area contributed by atoms with E-state index < -0.39 is 0 Å². The summed E-state index contributed by atoms with van der Waals surface area (Å²) in [4.78, 5) is 11.6. The molecule has 0 aliphatic carbocycles. The molecular weight excluding hydrogens is 232 g/mol. The molecule has 1 amide bonds. The van der Waals surface area contributed by atoms with Gasteiger partial charge in [0, 0.05) is 25.8 Å². The first-order valence-corrected chi connectivity index (χ1v) is 6.59. The molecule has 5 heteroatoms. The first-order chi connectivity index (χ1) is 8.83. The van der Waals surface area contributed by atoms with E-state index in [-0.39, 0.29) is 11.9 Å². The van der Waals surface area contributed by atoms with Gasteiger partial charge in [-0.15, -0.1) is 6.58 Å². The summed E-state index contributed by atoms with van der Waals surface area (Å²) in [5.74, 6) is 0.0491. The summed E-state index contributed by atoms with van der Waals surface area (Å²) in [6.07, 6.45) is 4.52. The molecule has 18 heavy (non-hydrogen) atoms. The Bertz CT molecular complexity index is 240. The summed E-state index contributed by atoms with van der Waals surface area (Å²) >= 11 is 0. The van der Waals surface area contributed by atoms with Crippen molar-refractivity contribution >= 4 is 5.91 Å². The number of hydrogen-bond acceptors (Lipinski definition) is 4. The van der Waals surface area contributed by atoms with E-state index in [1.807, 2.05) is 6.08 Å². The number of hydrogen-bond donors (Lipinski definition) is 2. The predicted octanol–water partition coefficient (Wildman–Crippen LogP) is 0.464. The Labute approximate surface area is 109 Å². The van der Waals surface area contributed by atoms with Crippen LogP contribution in [0.4, 0.5) is 0 Å². The monoisotopic (exact) mass is 256 g/mol. The fraction of sp³-hybridized carbons (Fsp3) is 0.769. The average molecular weight is 256 g/mol. The van der Waals surface area contributed by atoms with E-state index in [4.69, 9.17) is 9.47 Å². The Kier molecular flexibility index (Phi) is 8.46. The molecule has 0 aromatic carbocycles. The third-order valence-corrected chi connectivity index (χ3v) is 2.76. The Balaban J connectivity index is 1.91. The van der Waals surface area contributed by atoms with Crippen molar-refractivity contribution in [3.05, 3.63) is 12.7 Å². The van der Waals surface area contributed by atoms with Crippen molar-refractivity contribution in [1.29, 1.82) is 0 Å². The molecule has 1 rings (SSSR count). The van der Waals surface area contributed by atoms with Gasteiger partial charge in [0.2, 0.25) is 5.91 Å². The van der Waals surface area contributed by atoms with Crippen LogP contribution < -0.4 is 10.6 Å². The third kappa shape index (κ3) is 7.42. The molecule has 0 bridgehead atoms. The van der Waals surface area contributed by atoms with Crippen LogP contribution in [-0.4, -0.2) is 51.5 Å². The minimum absolute atomic E-state index is 0.0491.